The quantitative estimate of drug-likeness (QED) is 0.944. The van der Waals surface area contributed by atoms with Crippen molar-refractivity contribution in [1.82, 2.24) is 9.97 Å². The number of benzene rings is 1. The number of hydrogen-bond acceptors (Lipinski definition) is 5. The highest BCUT2D eigenvalue weighted by Gasteiger charge is 2.07. The van der Waals surface area contributed by atoms with Crippen LogP contribution in [0.25, 0.3) is 0 Å². The molecule has 0 amide bonds. The van der Waals surface area contributed by atoms with Gasteiger partial charge in [-0.15, -0.1) is 0 Å². The van der Waals surface area contributed by atoms with Crippen molar-refractivity contribution in [3.8, 4) is 17.4 Å². The Morgan fingerprint density at radius 1 is 1.22 bits per heavy atom. The van der Waals surface area contributed by atoms with Gasteiger partial charge in [-0.1, -0.05) is 0 Å². The number of nitrogens with zero attached hydrogens (tertiary/aromatic N) is 2. The standard InChI is InChI=1S/C12H12BrN3O2/c1-7-5-11(16-12(14)15-7)18-10-4-3-8(17-2)6-9(10)13/h3-6H,1-2H3,(H2,14,15,16). The molecule has 1 heterocycles. The lowest BCUT2D eigenvalue weighted by atomic mass is 10.3. The van der Waals surface area contributed by atoms with Crippen LogP contribution in [-0.4, -0.2) is 17.1 Å². The number of nitrogens with two attached hydrogens (primary N) is 1. The van der Waals surface area contributed by atoms with Crippen molar-refractivity contribution < 1.29 is 9.47 Å². The summed E-state index contributed by atoms with van der Waals surface area (Å²) in [7, 11) is 1.61. The molecule has 0 unspecified atom stereocenters. The van der Waals surface area contributed by atoms with Crippen molar-refractivity contribution in [1.29, 1.82) is 0 Å². The van der Waals surface area contributed by atoms with E-state index in [0.29, 0.717) is 11.6 Å². The maximum atomic E-state index is 5.64. The van der Waals surface area contributed by atoms with E-state index in [1.54, 1.807) is 25.3 Å². The molecule has 0 bridgehead atoms. The second-order valence-corrected chi connectivity index (χ2v) is 4.46. The fourth-order valence-electron chi connectivity index (χ4n) is 1.42. The number of nitrogen functional groups attached to an aromatic ring is 1. The third kappa shape index (κ3) is 2.89. The van der Waals surface area contributed by atoms with Gasteiger partial charge in [0.2, 0.25) is 11.8 Å². The first-order chi connectivity index (χ1) is 8.58. The number of aromatic nitrogens is 2. The van der Waals surface area contributed by atoms with E-state index in [0.717, 1.165) is 15.9 Å². The molecule has 2 N–H and O–H groups in total. The van der Waals surface area contributed by atoms with Gasteiger partial charge in [0.15, 0.2) is 0 Å². The minimum Gasteiger partial charge on any atom is -0.497 e. The van der Waals surface area contributed by atoms with Crippen molar-refractivity contribution in [2.24, 2.45) is 0 Å². The third-order valence-corrected chi connectivity index (χ3v) is 2.82. The molecule has 18 heavy (non-hydrogen) atoms. The van der Waals surface area contributed by atoms with Gasteiger partial charge in [0, 0.05) is 11.8 Å². The molecule has 0 saturated heterocycles. The van der Waals surface area contributed by atoms with Crippen molar-refractivity contribution in [3.63, 3.8) is 0 Å². The van der Waals surface area contributed by atoms with Crippen LogP contribution in [0.15, 0.2) is 28.7 Å². The summed E-state index contributed by atoms with van der Waals surface area (Å²) >= 11 is 3.40. The molecule has 0 saturated carbocycles. The average molecular weight is 310 g/mol. The topological polar surface area (TPSA) is 70.3 Å². The monoisotopic (exact) mass is 309 g/mol. The van der Waals surface area contributed by atoms with Gasteiger partial charge in [-0.05, 0) is 41.1 Å². The zero-order valence-corrected chi connectivity index (χ0v) is 11.6. The van der Waals surface area contributed by atoms with Gasteiger partial charge < -0.3 is 15.2 Å². The number of aryl methyl sites for hydroxylation is 1. The highest BCUT2D eigenvalue weighted by Crippen LogP contribution is 2.32. The molecule has 94 valence electrons. The van der Waals surface area contributed by atoms with E-state index in [2.05, 4.69) is 25.9 Å². The molecule has 5 nitrogen and oxygen atoms in total. The molecule has 6 heteroatoms. The minimum absolute atomic E-state index is 0.189. The first kappa shape index (κ1) is 12.6. The lowest BCUT2D eigenvalue weighted by Crippen LogP contribution is -1.99. The van der Waals surface area contributed by atoms with Gasteiger partial charge in [0.05, 0.1) is 11.6 Å². The first-order valence-electron chi connectivity index (χ1n) is 5.21. The number of hydrogen-bond donors (Lipinski definition) is 1. The molecule has 2 rings (SSSR count). The van der Waals surface area contributed by atoms with E-state index in [1.807, 2.05) is 13.0 Å². The maximum absolute atomic E-state index is 5.64. The Hall–Kier alpha value is -1.82. The highest BCUT2D eigenvalue weighted by atomic mass is 79.9. The number of methoxy groups -OCH3 is 1. The Balaban J connectivity index is 2.28. The van der Waals surface area contributed by atoms with Crippen molar-refractivity contribution in [2.75, 3.05) is 12.8 Å². The second kappa shape index (κ2) is 5.22. The summed E-state index contributed by atoms with van der Waals surface area (Å²) in [5, 5.41) is 0. The lowest BCUT2D eigenvalue weighted by molar-refractivity contribution is 0.411. The number of ether oxygens (including phenoxy) is 2. The largest absolute Gasteiger partial charge is 0.497 e. The van der Waals surface area contributed by atoms with Gasteiger partial charge in [-0.25, -0.2) is 4.98 Å². The van der Waals surface area contributed by atoms with Gasteiger partial charge in [0.1, 0.15) is 11.5 Å². The van der Waals surface area contributed by atoms with E-state index in [4.69, 9.17) is 15.2 Å². The summed E-state index contributed by atoms with van der Waals surface area (Å²) in [5.41, 5.74) is 6.31. The molecule has 0 aliphatic heterocycles. The lowest BCUT2D eigenvalue weighted by Gasteiger charge is -2.09. The molecule has 1 aromatic carbocycles. The number of halogens is 1. The van der Waals surface area contributed by atoms with E-state index in [-0.39, 0.29) is 5.95 Å². The second-order valence-electron chi connectivity index (χ2n) is 3.60. The molecule has 0 aliphatic carbocycles. The summed E-state index contributed by atoms with van der Waals surface area (Å²) in [6.07, 6.45) is 0. The van der Waals surface area contributed by atoms with Crippen LogP contribution in [0.5, 0.6) is 17.4 Å². The van der Waals surface area contributed by atoms with Crippen molar-refractivity contribution in [2.45, 2.75) is 6.92 Å². The minimum atomic E-state index is 0.189. The maximum Gasteiger partial charge on any atom is 0.224 e. The molecule has 0 spiro atoms. The van der Waals surface area contributed by atoms with Crippen LogP contribution in [0, 0.1) is 6.92 Å². The van der Waals surface area contributed by atoms with Gasteiger partial charge in [-0.3, -0.25) is 0 Å². The van der Waals surface area contributed by atoms with Crippen LogP contribution in [0.3, 0.4) is 0 Å². The molecule has 2 aromatic rings. The molecular formula is C12H12BrN3O2. The molecule has 0 fully saturated rings. The SMILES string of the molecule is COc1ccc(Oc2cc(C)nc(N)n2)c(Br)c1. The smallest absolute Gasteiger partial charge is 0.224 e. The number of rotatable bonds is 3. The third-order valence-electron chi connectivity index (χ3n) is 2.20. The normalized spacial score (nSPS) is 10.2. The van der Waals surface area contributed by atoms with E-state index >= 15 is 0 Å². The van der Waals surface area contributed by atoms with E-state index in [9.17, 15) is 0 Å². The van der Waals surface area contributed by atoms with Crippen LogP contribution < -0.4 is 15.2 Å². The molecule has 0 aliphatic rings. The predicted octanol–water partition coefficient (Wildman–Crippen LogP) is 2.93. The molecule has 0 atom stereocenters. The van der Waals surface area contributed by atoms with Crippen molar-refractivity contribution in [3.05, 3.63) is 34.4 Å². The van der Waals surface area contributed by atoms with Gasteiger partial charge in [0.25, 0.3) is 0 Å². The van der Waals surface area contributed by atoms with Gasteiger partial charge in [-0.2, -0.15) is 4.98 Å². The van der Waals surface area contributed by atoms with Crippen LogP contribution in [0.1, 0.15) is 5.69 Å². The van der Waals surface area contributed by atoms with Crippen LogP contribution in [0.2, 0.25) is 0 Å². The highest BCUT2D eigenvalue weighted by molar-refractivity contribution is 9.10. The summed E-state index contributed by atoms with van der Waals surface area (Å²) in [6, 6.07) is 7.12. The van der Waals surface area contributed by atoms with Crippen LogP contribution in [-0.2, 0) is 0 Å². The fourth-order valence-corrected chi connectivity index (χ4v) is 1.86. The molecular weight excluding hydrogens is 298 g/mol. The summed E-state index contributed by atoms with van der Waals surface area (Å²) in [6.45, 7) is 1.83. The Bertz CT molecular complexity index is 555. The Morgan fingerprint density at radius 2 is 2.00 bits per heavy atom. The summed E-state index contributed by atoms with van der Waals surface area (Å²) < 4.78 is 11.5. The van der Waals surface area contributed by atoms with E-state index in [1.165, 1.54) is 0 Å². The summed E-state index contributed by atoms with van der Waals surface area (Å²) in [4.78, 5) is 7.99. The van der Waals surface area contributed by atoms with Crippen LogP contribution in [0.4, 0.5) is 5.95 Å². The van der Waals surface area contributed by atoms with Crippen LogP contribution >= 0.6 is 15.9 Å². The molecule has 1 aromatic heterocycles. The Morgan fingerprint density at radius 3 is 2.61 bits per heavy atom. The zero-order valence-electron chi connectivity index (χ0n) is 9.98. The predicted molar refractivity (Wildman–Crippen MR) is 71.9 cm³/mol. The summed E-state index contributed by atoms with van der Waals surface area (Å²) in [5.74, 6) is 1.97. The Labute approximate surface area is 113 Å². The Kier molecular flexibility index (Phi) is 3.66. The zero-order chi connectivity index (χ0) is 13.1. The fraction of sp³-hybridized carbons (Fsp3) is 0.167. The van der Waals surface area contributed by atoms with E-state index < -0.39 is 0 Å². The first-order valence-corrected chi connectivity index (χ1v) is 6.00. The average Bonchev–Trinajstić information content (AvgIpc) is 2.30. The van der Waals surface area contributed by atoms with Crippen molar-refractivity contribution >= 4 is 21.9 Å². The molecule has 0 radical (unpaired) electrons. The van der Waals surface area contributed by atoms with Gasteiger partial charge >= 0.3 is 0 Å². The number of anilines is 1.